The zero-order valence-corrected chi connectivity index (χ0v) is 17.0. The van der Waals surface area contributed by atoms with Crippen molar-refractivity contribution in [3.63, 3.8) is 0 Å². The van der Waals surface area contributed by atoms with Crippen molar-refractivity contribution >= 4 is 23.1 Å². The summed E-state index contributed by atoms with van der Waals surface area (Å²) in [6.07, 6.45) is 0.0657. The fraction of sp³-hybridized carbons (Fsp3) is 0.304. The summed E-state index contributed by atoms with van der Waals surface area (Å²) < 4.78 is 5.69. The number of hydrogen-bond acceptors (Lipinski definition) is 4. The number of benzene rings is 2. The number of anilines is 1. The lowest BCUT2D eigenvalue weighted by Gasteiger charge is -2.23. The maximum absolute atomic E-state index is 13.2. The molecule has 146 valence electrons. The van der Waals surface area contributed by atoms with Crippen LogP contribution in [0.25, 0.3) is 5.57 Å². The largest absolute Gasteiger partial charge is 0.491 e. The molecule has 0 radical (unpaired) electrons. The van der Waals surface area contributed by atoms with Gasteiger partial charge in [0, 0.05) is 18.8 Å². The van der Waals surface area contributed by atoms with E-state index in [9.17, 15) is 9.59 Å². The smallest absolute Gasteiger partial charge is 0.278 e. The molecule has 0 saturated carbocycles. The molecule has 0 N–H and O–H groups in total. The van der Waals surface area contributed by atoms with Crippen LogP contribution < -0.4 is 9.64 Å². The van der Waals surface area contributed by atoms with Crippen LogP contribution >= 0.6 is 0 Å². The Morgan fingerprint density at radius 2 is 1.46 bits per heavy atom. The Morgan fingerprint density at radius 3 is 2.00 bits per heavy atom. The third-order valence-corrected chi connectivity index (χ3v) is 4.60. The maximum atomic E-state index is 13.2. The lowest BCUT2D eigenvalue weighted by atomic mass is 10.0. The summed E-state index contributed by atoms with van der Waals surface area (Å²) in [5.41, 5.74) is 2.36. The minimum Gasteiger partial charge on any atom is -0.491 e. The Morgan fingerprint density at radius 1 is 0.857 bits per heavy atom. The van der Waals surface area contributed by atoms with Crippen molar-refractivity contribution in [2.24, 2.45) is 0 Å². The molecule has 1 aliphatic rings. The average Bonchev–Trinajstić information content (AvgIpc) is 2.92. The highest BCUT2D eigenvalue weighted by atomic mass is 16.5. The third kappa shape index (κ3) is 3.65. The zero-order chi connectivity index (χ0) is 20.4. The summed E-state index contributed by atoms with van der Waals surface area (Å²) in [6.45, 7) is 7.61. The summed E-state index contributed by atoms with van der Waals surface area (Å²) in [4.78, 5) is 29.4. The maximum Gasteiger partial charge on any atom is 0.278 e. The zero-order valence-electron chi connectivity index (χ0n) is 17.0. The molecular weight excluding hydrogens is 352 g/mol. The van der Waals surface area contributed by atoms with Gasteiger partial charge in [-0.2, -0.15) is 0 Å². The summed E-state index contributed by atoms with van der Waals surface area (Å²) >= 11 is 0. The van der Waals surface area contributed by atoms with Crippen LogP contribution in [-0.2, 0) is 9.59 Å². The predicted molar refractivity (Wildman–Crippen MR) is 111 cm³/mol. The molecule has 3 rings (SSSR count). The van der Waals surface area contributed by atoms with Crippen molar-refractivity contribution in [3.8, 4) is 5.75 Å². The van der Waals surface area contributed by atoms with Gasteiger partial charge in [0.1, 0.15) is 11.4 Å². The molecule has 1 heterocycles. The molecule has 5 heteroatoms. The fourth-order valence-corrected chi connectivity index (χ4v) is 3.33. The molecule has 0 saturated heterocycles. The third-order valence-electron chi connectivity index (χ3n) is 4.60. The topological polar surface area (TPSA) is 49.9 Å². The first kappa shape index (κ1) is 19.7. The molecular formula is C23H26N2O3. The van der Waals surface area contributed by atoms with Crippen LogP contribution in [0.5, 0.6) is 5.75 Å². The van der Waals surface area contributed by atoms with E-state index < -0.39 is 0 Å². The Kier molecular flexibility index (Phi) is 5.54. The van der Waals surface area contributed by atoms with Gasteiger partial charge >= 0.3 is 0 Å². The van der Waals surface area contributed by atoms with Crippen LogP contribution in [0.4, 0.5) is 5.69 Å². The van der Waals surface area contributed by atoms with Gasteiger partial charge in [0.15, 0.2) is 0 Å². The quantitative estimate of drug-likeness (QED) is 0.710. The first-order chi connectivity index (χ1) is 13.3. The first-order valence-electron chi connectivity index (χ1n) is 9.49. The molecule has 1 aliphatic heterocycles. The molecule has 0 atom stereocenters. The van der Waals surface area contributed by atoms with E-state index in [2.05, 4.69) is 0 Å². The molecule has 0 aromatic heterocycles. The number of para-hydroxylation sites is 1. The van der Waals surface area contributed by atoms with Crippen molar-refractivity contribution in [1.82, 2.24) is 4.90 Å². The van der Waals surface area contributed by atoms with Crippen LogP contribution in [-0.4, -0.2) is 35.9 Å². The van der Waals surface area contributed by atoms with E-state index in [0.29, 0.717) is 16.8 Å². The van der Waals surface area contributed by atoms with E-state index >= 15 is 0 Å². The summed E-state index contributed by atoms with van der Waals surface area (Å²) in [5.74, 6) is 0.189. The highest BCUT2D eigenvalue weighted by Crippen LogP contribution is 2.35. The normalized spacial score (nSPS) is 14.5. The minimum absolute atomic E-state index is 0.0657. The van der Waals surface area contributed by atoms with Crippen molar-refractivity contribution in [2.75, 3.05) is 11.9 Å². The highest BCUT2D eigenvalue weighted by Gasteiger charge is 2.42. The predicted octanol–water partition coefficient (Wildman–Crippen LogP) is 4.10. The average molecular weight is 378 g/mol. The van der Waals surface area contributed by atoms with Gasteiger partial charge in [-0.1, -0.05) is 30.3 Å². The lowest BCUT2D eigenvalue weighted by Crippen LogP contribution is -2.39. The molecule has 28 heavy (non-hydrogen) atoms. The molecule has 0 aliphatic carbocycles. The number of nitrogens with zero attached hydrogens (tertiary/aromatic N) is 2. The molecule has 5 nitrogen and oxygen atoms in total. The van der Waals surface area contributed by atoms with Crippen LogP contribution in [0, 0.1) is 0 Å². The van der Waals surface area contributed by atoms with Gasteiger partial charge in [0.05, 0.1) is 11.7 Å². The second-order valence-electron chi connectivity index (χ2n) is 7.38. The molecule has 2 amide bonds. The van der Waals surface area contributed by atoms with Crippen LogP contribution in [0.15, 0.2) is 60.3 Å². The number of ether oxygens (including phenoxy) is 1. The van der Waals surface area contributed by atoms with Gasteiger partial charge in [-0.25, -0.2) is 0 Å². The number of amides is 2. The second-order valence-corrected chi connectivity index (χ2v) is 7.38. The van der Waals surface area contributed by atoms with Gasteiger partial charge < -0.3 is 9.64 Å². The van der Waals surface area contributed by atoms with E-state index in [1.165, 1.54) is 4.90 Å². The summed E-state index contributed by atoms with van der Waals surface area (Å²) in [7, 11) is 1.82. The van der Waals surface area contributed by atoms with E-state index in [4.69, 9.17) is 4.74 Å². The van der Waals surface area contributed by atoms with Gasteiger partial charge in [0.2, 0.25) is 0 Å². The van der Waals surface area contributed by atoms with E-state index in [1.54, 1.807) is 4.90 Å². The Balaban J connectivity index is 2.09. The molecule has 2 aromatic rings. The molecule has 0 unspecified atom stereocenters. The van der Waals surface area contributed by atoms with Gasteiger partial charge in [-0.15, -0.1) is 0 Å². The Bertz CT molecular complexity index is 899. The number of rotatable bonds is 6. The Hall–Kier alpha value is -3.08. The van der Waals surface area contributed by atoms with Crippen LogP contribution in [0.3, 0.4) is 0 Å². The molecule has 0 fully saturated rings. The fourth-order valence-electron chi connectivity index (χ4n) is 3.33. The first-order valence-corrected chi connectivity index (χ1v) is 9.49. The molecule has 2 aromatic carbocycles. The summed E-state index contributed by atoms with van der Waals surface area (Å²) in [6, 6.07) is 16.7. The van der Waals surface area contributed by atoms with Crippen molar-refractivity contribution in [2.45, 2.75) is 39.8 Å². The molecule has 0 spiro atoms. The van der Waals surface area contributed by atoms with E-state index in [0.717, 1.165) is 11.4 Å². The van der Waals surface area contributed by atoms with Gasteiger partial charge in [0.25, 0.3) is 11.8 Å². The van der Waals surface area contributed by atoms with Crippen molar-refractivity contribution < 1.29 is 14.3 Å². The monoisotopic (exact) mass is 378 g/mol. The second kappa shape index (κ2) is 7.89. The van der Waals surface area contributed by atoms with Crippen LogP contribution in [0.1, 0.15) is 33.3 Å². The lowest BCUT2D eigenvalue weighted by molar-refractivity contribution is -0.138. The number of imide groups is 1. The Labute approximate surface area is 166 Å². The van der Waals surface area contributed by atoms with Gasteiger partial charge in [-0.3, -0.25) is 14.5 Å². The highest BCUT2D eigenvalue weighted by molar-refractivity contribution is 6.36. The molecule has 0 bridgehead atoms. The number of hydrogen-bond donors (Lipinski definition) is 0. The van der Waals surface area contributed by atoms with Crippen molar-refractivity contribution in [3.05, 3.63) is 65.9 Å². The van der Waals surface area contributed by atoms with Crippen molar-refractivity contribution in [1.29, 1.82) is 0 Å². The van der Waals surface area contributed by atoms with Crippen LogP contribution in [0.2, 0.25) is 0 Å². The number of likely N-dealkylation sites (N-methyl/N-ethyl adjacent to an activating group) is 1. The van der Waals surface area contributed by atoms with E-state index in [1.807, 2.05) is 89.3 Å². The summed E-state index contributed by atoms with van der Waals surface area (Å²) in [5, 5.41) is 0. The van der Waals surface area contributed by atoms with Gasteiger partial charge in [-0.05, 0) is 57.5 Å². The minimum atomic E-state index is -0.274. The standard InChI is InChI=1S/C23H26N2O3/c1-15(2)25-22(26)20(17-11-13-19(14-12-17)28-16(3)4)21(23(25)27)24(5)18-9-7-6-8-10-18/h6-16H,1-5H3. The number of carbonyl (C=O) groups is 2. The SMILES string of the molecule is CC(C)Oc1ccc(C2=C(N(C)c3ccccc3)C(=O)N(C(C)C)C2=O)cc1. The number of carbonyl (C=O) groups excluding carboxylic acids is 2. The van der Waals surface area contributed by atoms with E-state index in [-0.39, 0.29) is 24.0 Å².